The molecule has 6 heteroatoms. The molecule has 2 heterocycles. The highest BCUT2D eigenvalue weighted by Crippen LogP contribution is 2.29. The van der Waals surface area contributed by atoms with Crippen LogP contribution in [0.5, 0.6) is 0 Å². The summed E-state index contributed by atoms with van der Waals surface area (Å²) >= 11 is 7.76. The van der Waals surface area contributed by atoms with Crippen LogP contribution < -0.4 is 4.90 Å². The molecule has 4 nitrogen and oxygen atoms in total. The van der Waals surface area contributed by atoms with E-state index in [0.717, 1.165) is 12.3 Å². The highest BCUT2D eigenvalue weighted by Gasteiger charge is 2.27. The number of carboxylic acids is 1. The van der Waals surface area contributed by atoms with Gasteiger partial charge in [-0.1, -0.05) is 18.5 Å². The summed E-state index contributed by atoms with van der Waals surface area (Å²) in [6, 6.07) is 1.89. The molecule has 1 aromatic rings. The van der Waals surface area contributed by atoms with Gasteiger partial charge in [0.25, 0.3) is 0 Å². The molecule has 0 radical (unpaired) electrons. The van der Waals surface area contributed by atoms with Crippen molar-refractivity contribution < 1.29 is 9.90 Å². The van der Waals surface area contributed by atoms with Gasteiger partial charge in [-0.05, 0) is 13.0 Å². The van der Waals surface area contributed by atoms with Crippen LogP contribution in [0.2, 0.25) is 5.02 Å². The smallest absolute Gasteiger partial charge is 0.337 e. The van der Waals surface area contributed by atoms with Gasteiger partial charge in [0.2, 0.25) is 0 Å². The van der Waals surface area contributed by atoms with Gasteiger partial charge in [0.15, 0.2) is 0 Å². The maximum absolute atomic E-state index is 11.1. The second-order valence-electron chi connectivity index (χ2n) is 4.34. The Balaban J connectivity index is 2.33. The largest absolute Gasteiger partial charge is 0.478 e. The zero-order valence-corrected chi connectivity index (χ0v) is 11.8. The fourth-order valence-electron chi connectivity index (χ4n) is 2.01. The van der Waals surface area contributed by atoms with E-state index in [2.05, 4.69) is 23.7 Å². The number of thioether (sulfide) groups is 1. The Hall–Kier alpha value is -0.940. The lowest BCUT2D eigenvalue weighted by Crippen LogP contribution is -2.45. The summed E-state index contributed by atoms with van der Waals surface area (Å²) in [6.07, 6.45) is 1.42. The van der Waals surface area contributed by atoms with Gasteiger partial charge >= 0.3 is 5.97 Å². The van der Waals surface area contributed by atoms with Crippen molar-refractivity contribution in [2.45, 2.75) is 25.1 Å². The van der Waals surface area contributed by atoms with Gasteiger partial charge < -0.3 is 10.0 Å². The Morgan fingerprint density at radius 3 is 3.00 bits per heavy atom. The molecule has 2 unspecified atom stereocenters. The number of aromatic nitrogens is 1. The van der Waals surface area contributed by atoms with E-state index in [0.29, 0.717) is 17.1 Å². The molecule has 18 heavy (non-hydrogen) atoms. The summed E-state index contributed by atoms with van der Waals surface area (Å²) in [6.45, 7) is 5.19. The third-order valence-electron chi connectivity index (χ3n) is 3.25. The molecule has 1 aliphatic rings. The van der Waals surface area contributed by atoms with Crippen molar-refractivity contribution in [1.29, 1.82) is 0 Å². The standard InChI is InChI=1S/C12H15ClN2O2S/c1-7-8(2)18-4-3-15(7)11-5-9(12(16)17)10(13)6-14-11/h5-8H,3-4H2,1-2H3,(H,16,17). The first-order valence-corrected chi connectivity index (χ1v) is 7.20. The summed E-state index contributed by atoms with van der Waals surface area (Å²) in [5, 5.41) is 9.75. The number of pyridine rings is 1. The van der Waals surface area contributed by atoms with E-state index in [-0.39, 0.29) is 10.6 Å². The monoisotopic (exact) mass is 286 g/mol. The molecule has 0 aliphatic carbocycles. The van der Waals surface area contributed by atoms with Crippen molar-refractivity contribution in [2.24, 2.45) is 0 Å². The molecule has 0 saturated carbocycles. The molecule has 0 spiro atoms. The Morgan fingerprint density at radius 2 is 2.33 bits per heavy atom. The van der Waals surface area contributed by atoms with E-state index in [4.69, 9.17) is 16.7 Å². The quantitative estimate of drug-likeness (QED) is 0.906. The van der Waals surface area contributed by atoms with Crippen LogP contribution >= 0.6 is 23.4 Å². The molecular weight excluding hydrogens is 272 g/mol. The van der Waals surface area contributed by atoms with Crippen molar-refractivity contribution in [1.82, 2.24) is 4.98 Å². The molecule has 1 N–H and O–H groups in total. The summed E-state index contributed by atoms with van der Waals surface area (Å²) in [4.78, 5) is 17.5. The zero-order valence-electron chi connectivity index (χ0n) is 10.3. The van der Waals surface area contributed by atoms with Gasteiger partial charge in [0, 0.05) is 29.8 Å². The molecule has 1 aromatic heterocycles. The molecule has 98 valence electrons. The number of nitrogens with zero attached hydrogens (tertiary/aromatic N) is 2. The average molecular weight is 287 g/mol. The number of carbonyl (C=O) groups is 1. The normalized spacial score (nSPS) is 24.1. The maximum Gasteiger partial charge on any atom is 0.337 e. The van der Waals surface area contributed by atoms with E-state index < -0.39 is 5.97 Å². The second-order valence-corrected chi connectivity index (χ2v) is 6.23. The fourth-order valence-corrected chi connectivity index (χ4v) is 3.29. The summed E-state index contributed by atoms with van der Waals surface area (Å²) < 4.78 is 0. The number of anilines is 1. The van der Waals surface area contributed by atoms with Crippen molar-refractivity contribution in [3.63, 3.8) is 0 Å². The lowest BCUT2D eigenvalue weighted by atomic mass is 10.2. The van der Waals surface area contributed by atoms with Crippen LogP contribution in [0.25, 0.3) is 0 Å². The molecule has 2 atom stereocenters. The van der Waals surface area contributed by atoms with E-state index in [1.165, 1.54) is 6.20 Å². The maximum atomic E-state index is 11.1. The van der Waals surface area contributed by atoms with Crippen LogP contribution in [0.15, 0.2) is 12.3 Å². The molecular formula is C12H15ClN2O2S. The third kappa shape index (κ3) is 2.57. The van der Waals surface area contributed by atoms with Crippen molar-refractivity contribution in [3.8, 4) is 0 Å². The van der Waals surface area contributed by atoms with Crippen LogP contribution in [-0.2, 0) is 0 Å². The van der Waals surface area contributed by atoms with Crippen LogP contribution in [0.3, 0.4) is 0 Å². The Labute approximate surface area is 115 Å². The second kappa shape index (κ2) is 5.36. The van der Waals surface area contributed by atoms with Gasteiger partial charge in [0.1, 0.15) is 5.82 Å². The van der Waals surface area contributed by atoms with E-state index >= 15 is 0 Å². The van der Waals surface area contributed by atoms with Gasteiger partial charge in [-0.2, -0.15) is 11.8 Å². The van der Waals surface area contributed by atoms with Crippen LogP contribution in [0.4, 0.5) is 5.82 Å². The molecule has 1 saturated heterocycles. The van der Waals surface area contributed by atoms with Gasteiger partial charge in [0.05, 0.1) is 10.6 Å². The Kier molecular flexibility index (Phi) is 4.02. The van der Waals surface area contributed by atoms with E-state index in [1.807, 2.05) is 11.8 Å². The first kappa shape index (κ1) is 13.5. The molecule has 1 fully saturated rings. The number of aromatic carboxylic acids is 1. The predicted molar refractivity (Wildman–Crippen MR) is 74.9 cm³/mol. The third-order valence-corrected chi connectivity index (χ3v) is 4.89. The number of hydrogen-bond donors (Lipinski definition) is 1. The minimum Gasteiger partial charge on any atom is -0.478 e. The van der Waals surface area contributed by atoms with E-state index in [1.54, 1.807) is 6.07 Å². The average Bonchev–Trinajstić information content (AvgIpc) is 2.33. The topological polar surface area (TPSA) is 53.4 Å². The van der Waals surface area contributed by atoms with Gasteiger partial charge in [-0.25, -0.2) is 9.78 Å². The predicted octanol–water partition coefficient (Wildman–Crippen LogP) is 2.76. The summed E-state index contributed by atoms with van der Waals surface area (Å²) in [7, 11) is 0. The minimum atomic E-state index is -1.02. The van der Waals surface area contributed by atoms with Crippen molar-refractivity contribution >= 4 is 35.1 Å². The lowest BCUT2D eigenvalue weighted by Gasteiger charge is -2.38. The highest BCUT2D eigenvalue weighted by molar-refractivity contribution is 8.00. The molecule has 1 aliphatic heterocycles. The van der Waals surface area contributed by atoms with Crippen LogP contribution in [0.1, 0.15) is 24.2 Å². The van der Waals surface area contributed by atoms with Crippen LogP contribution in [0, 0.1) is 0 Å². The molecule has 0 amide bonds. The van der Waals surface area contributed by atoms with Crippen LogP contribution in [-0.4, -0.2) is 39.6 Å². The fraction of sp³-hybridized carbons (Fsp3) is 0.500. The van der Waals surface area contributed by atoms with Crippen molar-refractivity contribution in [3.05, 3.63) is 22.8 Å². The number of carboxylic acid groups (broad SMARTS) is 1. The molecule has 0 aromatic carbocycles. The Bertz CT molecular complexity index is 469. The molecule has 0 bridgehead atoms. The van der Waals surface area contributed by atoms with Gasteiger partial charge in [-0.3, -0.25) is 0 Å². The first-order valence-electron chi connectivity index (χ1n) is 5.77. The summed E-state index contributed by atoms with van der Waals surface area (Å²) in [5.41, 5.74) is 0.111. The lowest BCUT2D eigenvalue weighted by molar-refractivity contribution is 0.0697. The number of hydrogen-bond acceptors (Lipinski definition) is 4. The van der Waals surface area contributed by atoms with Crippen molar-refractivity contribution in [2.75, 3.05) is 17.2 Å². The van der Waals surface area contributed by atoms with E-state index in [9.17, 15) is 4.79 Å². The number of rotatable bonds is 2. The first-order chi connectivity index (χ1) is 8.50. The number of halogens is 1. The summed E-state index contributed by atoms with van der Waals surface area (Å²) in [5.74, 6) is 0.699. The Morgan fingerprint density at radius 1 is 1.61 bits per heavy atom. The zero-order chi connectivity index (χ0) is 13.3. The van der Waals surface area contributed by atoms with Gasteiger partial charge in [-0.15, -0.1) is 0 Å². The molecule has 2 rings (SSSR count). The SMILES string of the molecule is CC1SCCN(c2cc(C(=O)O)c(Cl)cn2)C1C. The highest BCUT2D eigenvalue weighted by atomic mass is 35.5. The minimum absolute atomic E-state index is 0.111.